The van der Waals surface area contributed by atoms with Gasteiger partial charge in [-0.25, -0.2) is 0 Å². The largest absolute Gasteiger partial charge is 0.507 e. The molecule has 2 unspecified atom stereocenters. The first kappa shape index (κ1) is 23.3. The second kappa shape index (κ2) is 7.02. The number of aromatic hydroxyl groups is 2. The molecule has 2 aromatic rings. The molecule has 6 heteroatoms. The maximum Gasteiger partial charge on any atom is 0.226 e. The van der Waals surface area contributed by atoms with E-state index in [0.717, 1.165) is 22.3 Å². The van der Waals surface area contributed by atoms with Gasteiger partial charge in [-0.1, -0.05) is 17.7 Å². The van der Waals surface area contributed by atoms with Gasteiger partial charge in [-0.2, -0.15) is 0 Å². The molecule has 1 saturated heterocycles. The van der Waals surface area contributed by atoms with Crippen molar-refractivity contribution in [2.45, 2.75) is 84.4 Å². The van der Waals surface area contributed by atoms with Crippen molar-refractivity contribution < 1.29 is 29.2 Å². The van der Waals surface area contributed by atoms with E-state index >= 15 is 0 Å². The SMILES string of the molecule is CC(C)=CCc1c(C)c2c3c(c1O)C(=O)c1c(O)cc4c(c1C31OC(C2)C(C)(C)O1)C=CC(C)(C)O4. The Balaban J connectivity index is 1.74. The summed E-state index contributed by atoms with van der Waals surface area (Å²) in [5, 5.41) is 22.8. The number of ketones is 1. The highest BCUT2D eigenvalue weighted by Crippen LogP contribution is 2.62. The van der Waals surface area contributed by atoms with E-state index in [4.69, 9.17) is 14.2 Å². The molecule has 0 amide bonds. The lowest BCUT2D eigenvalue weighted by Gasteiger charge is -2.43. The van der Waals surface area contributed by atoms with Crippen LogP contribution in [-0.2, 0) is 28.1 Å². The number of hydrogen-bond donors (Lipinski definition) is 2. The van der Waals surface area contributed by atoms with Crippen molar-refractivity contribution in [2.75, 3.05) is 0 Å². The van der Waals surface area contributed by atoms with Crippen molar-refractivity contribution in [2.24, 2.45) is 0 Å². The minimum atomic E-state index is -1.45. The van der Waals surface area contributed by atoms with E-state index in [1.807, 2.05) is 66.7 Å². The Labute approximate surface area is 211 Å². The molecule has 4 aliphatic rings. The average molecular weight is 489 g/mol. The maximum absolute atomic E-state index is 14.1. The quantitative estimate of drug-likeness (QED) is 0.536. The van der Waals surface area contributed by atoms with Gasteiger partial charge in [-0.15, -0.1) is 0 Å². The normalized spacial score (nSPS) is 25.5. The molecule has 2 N–H and O–H groups in total. The van der Waals surface area contributed by atoms with Gasteiger partial charge in [-0.3, -0.25) is 4.79 Å². The summed E-state index contributed by atoms with van der Waals surface area (Å²) < 4.78 is 19.7. The van der Waals surface area contributed by atoms with Gasteiger partial charge < -0.3 is 24.4 Å². The molecule has 3 aliphatic heterocycles. The van der Waals surface area contributed by atoms with Crippen LogP contribution in [0.4, 0.5) is 0 Å². The van der Waals surface area contributed by atoms with E-state index in [1.165, 1.54) is 6.07 Å². The first-order chi connectivity index (χ1) is 16.8. The molecule has 0 saturated carbocycles. The molecule has 36 heavy (non-hydrogen) atoms. The lowest BCUT2D eigenvalue weighted by Crippen LogP contribution is -2.43. The van der Waals surface area contributed by atoms with Crippen LogP contribution in [0.25, 0.3) is 6.08 Å². The minimum Gasteiger partial charge on any atom is -0.507 e. The first-order valence-corrected chi connectivity index (χ1v) is 12.5. The maximum atomic E-state index is 14.1. The van der Waals surface area contributed by atoms with Gasteiger partial charge in [-0.05, 0) is 72.1 Å². The molecule has 6 rings (SSSR count). The van der Waals surface area contributed by atoms with Crippen LogP contribution in [0, 0.1) is 6.92 Å². The number of phenolic OH excluding ortho intramolecular Hbond substituents is 2. The number of allylic oxidation sites excluding steroid dienone is 2. The van der Waals surface area contributed by atoms with Gasteiger partial charge >= 0.3 is 0 Å². The van der Waals surface area contributed by atoms with E-state index in [2.05, 4.69) is 0 Å². The third-order valence-electron chi connectivity index (χ3n) is 8.02. The summed E-state index contributed by atoms with van der Waals surface area (Å²) >= 11 is 0. The Kier molecular flexibility index (Phi) is 4.55. The van der Waals surface area contributed by atoms with Crippen LogP contribution in [0.5, 0.6) is 17.2 Å². The van der Waals surface area contributed by atoms with Crippen LogP contribution in [-0.4, -0.2) is 33.3 Å². The Morgan fingerprint density at radius 2 is 1.86 bits per heavy atom. The third kappa shape index (κ3) is 2.88. The molecule has 2 aromatic carbocycles. The molecule has 1 fully saturated rings. The number of fused-ring (bicyclic) bond motifs is 4. The van der Waals surface area contributed by atoms with Gasteiger partial charge in [0.05, 0.1) is 22.8 Å². The molecule has 0 radical (unpaired) electrons. The fourth-order valence-corrected chi connectivity index (χ4v) is 6.19. The van der Waals surface area contributed by atoms with E-state index in [9.17, 15) is 15.0 Å². The van der Waals surface area contributed by atoms with Gasteiger partial charge in [0.1, 0.15) is 22.8 Å². The molecule has 1 aliphatic carbocycles. The molecule has 0 aromatic heterocycles. The molecule has 3 heterocycles. The van der Waals surface area contributed by atoms with Gasteiger partial charge in [0.15, 0.2) is 0 Å². The van der Waals surface area contributed by atoms with E-state index < -0.39 is 22.8 Å². The van der Waals surface area contributed by atoms with Gasteiger partial charge in [0, 0.05) is 34.7 Å². The van der Waals surface area contributed by atoms with E-state index in [0.29, 0.717) is 35.3 Å². The Morgan fingerprint density at radius 1 is 1.14 bits per heavy atom. The lowest BCUT2D eigenvalue weighted by molar-refractivity contribution is -0.167. The standard InChI is InChI=1S/C30H32O6/c1-14(2)8-9-16-15(3)18-12-21-29(6,7)36-30(35-21)24-17-10-11-28(4,5)34-20(17)13-19(31)22(24)27(33)23(25(18)30)26(16)32/h8,10-11,13,21,31-32H,9,12H2,1-7H3. The number of carbonyl (C=O) groups is 1. The van der Waals surface area contributed by atoms with Crippen LogP contribution >= 0.6 is 0 Å². The molecule has 1 spiro atoms. The van der Waals surface area contributed by atoms with Gasteiger partial charge in [0.25, 0.3) is 0 Å². The molecular formula is C30H32O6. The van der Waals surface area contributed by atoms with Gasteiger partial charge in [0.2, 0.25) is 11.6 Å². The van der Waals surface area contributed by atoms with Crippen molar-refractivity contribution in [3.8, 4) is 17.2 Å². The molecule has 2 atom stereocenters. The van der Waals surface area contributed by atoms with Crippen LogP contribution in [0.3, 0.4) is 0 Å². The number of ether oxygens (including phenoxy) is 3. The summed E-state index contributed by atoms with van der Waals surface area (Å²) in [6.07, 6.45) is 6.68. The zero-order valence-electron chi connectivity index (χ0n) is 21.8. The van der Waals surface area contributed by atoms with Crippen LogP contribution < -0.4 is 4.74 Å². The lowest BCUT2D eigenvalue weighted by atomic mass is 9.71. The van der Waals surface area contributed by atoms with Crippen LogP contribution in [0.15, 0.2) is 23.8 Å². The number of carbonyl (C=O) groups excluding carboxylic acids is 1. The zero-order valence-corrected chi connectivity index (χ0v) is 21.8. The topological polar surface area (TPSA) is 85.2 Å². The minimum absolute atomic E-state index is 0.0702. The van der Waals surface area contributed by atoms with Crippen LogP contribution in [0.2, 0.25) is 0 Å². The molecule has 2 bridgehead atoms. The predicted octanol–water partition coefficient (Wildman–Crippen LogP) is 5.59. The summed E-state index contributed by atoms with van der Waals surface area (Å²) in [4.78, 5) is 14.1. The monoisotopic (exact) mass is 488 g/mol. The second-order valence-corrected chi connectivity index (χ2v) is 11.7. The fourth-order valence-electron chi connectivity index (χ4n) is 6.19. The summed E-state index contributed by atoms with van der Waals surface area (Å²) in [6, 6.07) is 1.48. The van der Waals surface area contributed by atoms with Crippen molar-refractivity contribution in [1.29, 1.82) is 0 Å². The first-order valence-electron chi connectivity index (χ1n) is 12.5. The Hall–Kier alpha value is -3.09. The summed E-state index contributed by atoms with van der Waals surface area (Å²) in [6.45, 7) is 13.8. The highest BCUT2D eigenvalue weighted by Gasteiger charge is 2.64. The molecular weight excluding hydrogens is 456 g/mol. The third-order valence-corrected chi connectivity index (χ3v) is 8.02. The Morgan fingerprint density at radius 3 is 2.56 bits per heavy atom. The summed E-state index contributed by atoms with van der Waals surface area (Å²) in [5.74, 6) is -1.71. The Bertz CT molecular complexity index is 1440. The number of benzene rings is 2. The average Bonchev–Trinajstić information content (AvgIpc) is 2.97. The number of phenols is 2. The summed E-state index contributed by atoms with van der Waals surface area (Å²) in [5.41, 5.74) is 4.42. The smallest absolute Gasteiger partial charge is 0.226 e. The highest BCUT2D eigenvalue weighted by atomic mass is 16.8. The fraction of sp³-hybridized carbons (Fsp3) is 0.433. The zero-order chi connectivity index (χ0) is 25.9. The molecule has 6 nitrogen and oxygen atoms in total. The van der Waals surface area contributed by atoms with Crippen molar-refractivity contribution >= 4 is 11.9 Å². The van der Waals surface area contributed by atoms with Crippen molar-refractivity contribution in [3.05, 3.63) is 68.3 Å². The van der Waals surface area contributed by atoms with E-state index in [-0.39, 0.29) is 28.7 Å². The van der Waals surface area contributed by atoms with E-state index in [1.54, 1.807) is 0 Å². The van der Waals surface area contributed by atoms with Crippen molar-refractivity contribution in [1.82, 2.24) is 0 Å². The number of hydrogen-bond acceptors (Lipinski definition) is 6. The molecule has 188 valence electrons. The summed E-state index contributed by atoms with van der Waals surface area (Å²) in [7, 11) is 0. The predicted molar refractivity (Wildman–Crippen MR) is 136 cm³/mol. The van der Waals surface area contributed by atoms with Crippen molar-refractivity contribution in [3.63, 3.8) is 0 Å². The van der Waals surface area contributed by atoms with Crippen LogP contribution in [0.1, 0.15) is 90.8 Å². The second-order valence-electron chi connectivity index (χ2n) is 11.7. The highest BCUT2D eigenvalue weighted by molar-refractivity contribution is 6.17. The number of rotatable bonds is 2.